The molecule has 5 aromatic rings. The third kappa shape index (κ3) is 6.88. The van der Waals surface area contributed by atoms with Crippen molar-refractivity contribution in [2.45, 2.75) is 171 Å². The van der Waals surface area contributed by atoms with Crippen molar-refractivity contribution >= 4 is 23.1 Å². The molecule has 0 radical (unpaired) electrons. The molecule has 3 aromatic carbocycles. The second-order valence-corrected chi connectivity index (χ2v) is 27.8. The van der Waals surface area contributed by atoms with Gasteiger partial charge in [-0.2, -0.15) is 5.26 Å². The Balaban J connectivity index is 0.921. The van der Waals surface area contributed by atoms with E-state index in [1.165, 1.54) is 73.4 Å². The van der Waals surface area contributed by atoms with E-state index in [4.69, 9.17) is 0 Å². The van der Waals surface area contributed by atoms with Crippen LogP contribution < -0.4 is 10.6 Å². The number of nitriles is 1. The van der Waals surface area contributed by atoms with Crippen molar-refractivity contribution in [3.05, 3.63) is 224 Å². The highest BCUT2D eigenvalue weighted by Gasteiger charge is 2.55. The first-order valence-electron chi connectivity index (χ1n) is 31.1. The van der Waals surface area contributed by atoms with Gasteiger partial charge in [-0.1, -0.05) is 187 Å². The first kappa shape index (κ1) is 49.4. The molecule has 16 rings (SSSR count). The van der Waals surface area contributed by atoms with Crippen molar-refractivity contribution < 1.29 is 0 Å². The summed E-state index contributed by atoms with van der Waals surface area (Å²) in [6.45, 7) is 15.1. The molecule has 0 fully saturated rings. The molecule has 0 spiro atoms. The van der Waals surface area contributed by atoms with Crippen LogP contribution in [0.5, 0.6) is 0 Å². The van der Waals surface area contributed by atoms with Crippen LogP contribution in [0.3, 0.4) is 0 Å². The van der Waals surface area contributed by atoms with E-state index < -0.39 is 0 Å². The number of fused-ring (bicyclic) bond motifs is 16. The van der Waals surface area contributed by atoms with Crippen molar-refractivity contribution in [2.75, 3.05) is 0 Å². The highest BCUT2D eigenvalue weighted by Crippen LogP contribution is 2.64. The minimum Gasteiger partial charge on any atom is -0.339 e. The predicted molar refractivity (Wildman–Crippen MR) is 327 cm³/mol. The van der Waals surface area contributed by atoms with Crippen molar-refractivity contribution in [3.63, 3.8) is 0 Å². The summed E-state index contributed by atoms with van der Waals surface area (Å²) in [5, 5.41) is 22.2. The van der Waals surface area contributed by atoms with Crippen LogP contribution in [0.15, 0.2) is 162 Å². The molecule has 1 aliphatic heterocycles. The summed E-state index contributed by atoms with van der Waals surface area (Å²) in [4.78, 5) is 0. The molecule has 0 saturated heterocycles. The molecule has 0 saturated carbocycles. The van der Waals surface area contributed by atoms with Gasteiger partial charge in [0.05, 0.1) is 42.3 Å². The smallest absolute Gasteiger partial charge is 0.0855 e. The van der Waals surface area contributed by atoms with E-state index in [9.17, 15) is 5.26 Å². The quantitative estimate of drug-likeness (QED) is 0.173. The van der Waals surface area contributed by atoms with Crippen LogP contribution in [-0.2, 0) is 23.7 Å². The van der Waals surface area contributed by atoms with Crippen LogP contribution >= 0.6 is 0 Å². The molecule has 5 nitrogen and oxygen atoms in total. The lowest BCUT2D eigenvalue weighted by Crippen LogP contribution is -2.49. The van der Waals surface area contributed by atoms with Crippen molar-refractivity contribution in [2.24, 2.45) is 29.1 Å². The van der Waals surface area contributed by atoms with Gasteiger partial charge in [-0.3, -0.25) is 10.6 Å². The maximum absolute atomic E-state index is 12.1. The summed E-state index contributed by atoms with van der Waals surface area (Å²) in [6, 6.07) is 28.9. The SMILES string of the molecule is CC1(C)C2=C(CCC=C2)C2c3c(c4ccccc4n3C3CC(n4c5c(c6c4C4c7ccccc7C(C)(C)C4CC6)CCC=C5)C(C#N)C=C3C3C=CC(c4cccc5c4C4CC=CCC4C5(C)C)NC(C4=CC=CCC4)N3)C=CC21. The molecule has 3 heterocycles. The largest absolute Gasteiger partial charge is 0.339 e. The van der Waals surface area contributed by atoms with Crippen molar-refractivity contribution in [1.29, 1.82) is 5.26 Å². The number of allylic oxidation sites excluding steroid dienone is 12. The van der Waals surface area contributed by atoms with E-state index in [1.54, 1.807) is 27.8 Å². The molecule has 2 N–H and O–H groups in total. The Morgan fingerprint density at radius 3 is 2.27 bits per heavy atom. The van der Waals surface area contributed by atoms with Gasteiger partial charge in [0.25, 0.3) is 0 Å². The first-order chi connectivity index (χ1) is 38.9. The molecule has 2 aromatic heterocycles. The first-order valence-corrected chi connectivity index (χ1v) is 31.1. The third-order valence-electron chi connectivity index (χ3n) is 23.2. The molecule has 5 heteroatoms. The van der Waals surface area contributed by atoms with Crippen molar-refractivity contribution in [1.82, 2.24) is 19.8 Å². The fraction of sp³-hybridized carbons (Fsp3) is 0.427. The average molecular weight is 1050 g/mol. The van der Waals surface area contributed by atoms with Gasteiger partial charge in [0, 0.05) is 45.4 Å². The lowest BCUT2D eigenvalue weighted by atomic mass is 9.68. The standard InChI is InChI=1S/C75H79N5/c1-73(2)55-29-15-10-25-50(55)67-53(28-20-32-58(67)73)61-39-40-62(78-72(77-61)44-21-8-7-9-22-44)54-41-45(43-76)65(79-63-33-18-13-23-46(63)48-35-37-59-68(70(48)79)51-26-11-16-30-56(51)74(59,3)4)42-66(54)80-64-34-19-14-24-47(64)49-36-38-60-69(71(49)80)52-27-12-17-31-57(52)75(60,5)6/h7-8,10-11,14-21,24,26,28,30-34,36,38-41,45,50,55,59-62,65-66,68-69,72,77-78H,9,12-13,22-23,25,27,29,35,37,42H2,1-6H3. The summed E-state index contributed by atoms with van der Waals surface area (Å²) >= 11 is 0. The summed E-state index contributed by atoms with van der Waals surface area (Å²) in [5.74, 6) is 2.19. The number of hydrogen-bond donors (Lipinski definition) is 2. The highest BCUT2D eigenvalue weighted by atomic mass is 15.2. The molecule has 404 valence electrons. The van der Waals surface area contributed by atoms with E-state index in [0.717, 1.165) is 64.2 Å². The van der Waals surface area contributed by atoms with Gasteiger partial charge in [-0.05, 0) is 178 Å². The topological polar surface area (TPSA) is 57.7 Å². The van der Waals surface area contributed by atoms with E-state index in [1.807, 2.05) is 0 Å². The Morgan fingerprint density at radius 1 is 0.637 bits per heavy atom. The molecule has 12 unspecified atom stereocenters. The zero-order chi connectivity index (χ0) is 54.0. The van der Waals surface area contributed by atoms with Gasteiger partial charge in [-0.25, -0.2) is 0 Å². The van der Waals surface area contributed by atoms with Crippen LogP contribution in [0.25, 0.3) is 23.1 Å². The number of nitrogens with one attached hydrogen (secondary N) is 2. The Hall–Kier alpha value is -6.45. The van der Waals surface area contributed by atoms with Crippen LogP contribution in [0.1, 0.15) is 197 Å². The Bertz CT molecular complexity index is 3790. The van der Waals surface area contributed by atoms with Gasteiger partial charge in [0.2, 0.25) is 0 Å². The molecule has 0 amide bonds. The van der Waals surface area contributed by atoms with Gasteiger partial charge in [0.1, 0.15) is 0 Å². The fourth-order valence-electron chi connectivity index (χ4n) is 19.5. The highest BCUT2D eigenvalue weighted by molar-refractivity contribution is 5.93. The number of benzene rings is 3. The predicted octanol–water partition coefficient (Wildman–Crippen LogP) is 16.9. The molecule has 11 aliphatic rings. The van der Waals surface area contributed by atoms with Gasteiger partial charge < -0.3 is 9.13 Å². The van der Waals surface area contributed by atoms with Gasteiger partial charge in [-0.15, -0.1) is 0 Å². The second kappa shape index (κ2) is 18.0. The molecule has 0 bridgehead atoms. The normalized spacial score (nSPS) is 33.1. The maximum atomic E-state index is 12.1. The Labute approximate surface area is 475 Å². The zero-order valence-electron chi connectivity index (χ0n) is 48.0. The summed E-state index contributed by atoms with van der Waals surface area (Å²) < 4.78 is 5.72. The average Bonchev–Trinajstić information content (AvgIpc) is 4.33. The molecule has 80 heavy (non-hydrogen) atoms. The Morgan fingerprint density at radius 2 is 1.40 bits per heavy atom. The monoisotopic (exact) mass is 1050 g/mol. The van der Waals surface area contributed by atoms with Crippen LogP contribution in [0.4, 0.5) is 0 Å². The van der Waals surface area contributed by atoms with Crippen molar-refractivity contribution in [3.8, 4) is 6.07 Å². The van der Waals surface area contributed by atoms with Crippen LogP contribution in [0, 0.1) is 40.4 Å². The number of aromatic nitrogens is 2. The molecule has 10 aliphatic carbocycles. The summed E-state index contributed by atoms with van der Waals surface area (Å²) in [6.07, 6.45) is 46.1. The van der Waals surface area contributed by atoms with Gasteiger partial charge >= 0.3 is 0 Å². The summed E-state index contributed by atoms with van der Waals surface area (Å²) in [7, 11) is 0. The second-order valence-electron chi connectivity index (χ2n) is 27.8. The van der Waals surface area contributed by atoms with Crippen LogP contribution in [0.2, 0.25) is 0 Å². The summed E-state index contributed by atoms with van der Waals surface area (Å²) in [5.41, 5.74) is 23.9. The number of hydrogen-bond acceptors (Lipinski definition) is 3. The lowest BCUT2D eigenvalue weighted by Gasteiger charge is -2.43. The van der Waals surface area contributed by atoms with E-state index in [2.05, 4.69) is 219 Å². The van der Waals surface area contributed by atoms with E-state index in [0.29, 0.717) is 29.6 Å². The number of rotatable bonds is 5. The van der Waals surface area contributed by atoms with Gasteiger partial charge in [0.15, 0.2) is 0 Å². The molecular weight excluding hydrogens is 971 g/mol. The number of para-hydroxylation sites is 1. The minimum absolute atomic E-state index is 0.00592. The third-order valence-corrected chi connectivity index (χ3v) is 23.2. The minimum atomic E-state index is -0.343. The zero-order valence-corrected chi connectivity index (χ0v) is 48.0. The molecule has 12 atom stereocenters. The number of nitrogens with zero attached hydrogens (tertiary/aromatic N) is 3. The van der Waals surface area contributed by atoms with E-state index in [-0.39, 0.29) is 58.4 Å². The molecular formula is C75H79N5. The lowest BCUT2D eigenvalue weighted by molar-refractivity contribution is 0.264. The van der Waals surface area contributed by atoms with Crippen LogP contribution in [-0.4, -0.2) is 21.3 Å². The fourth-order valence-corrected chi connectivity index (χ4v) is 19.5. The maximum Gasteiger partial charge on any atom is 0.0855 e. The van der Waals surface area contributed by atoms with E-state index >= 15 is 0 Å². The Kier molecular flexibility index (Phi) is 11.1.